The normalized spacial score (nSPS) is 13.6. The number of fused-ring (bicyclic) bond motifs is 4. The van der Waals surface area contributed by atoms with Crippen molar-refractivity contribution in [1.82, 2.24) is 44.7 Å². The van der Waals surface area contributed by atoms with E-state index in [0.29, 0.717) is 96.0 Å². The van der Waals surface area contributed by atoms with Crippen molar-refractivity contribution in [1.29, 1.82) is 0 Å². The van der Waals surface area contributed by atoms with Crippen LogP contribution in [0.5, 0.6) is 0 Å². The van der Waals surface area contributed by atoms with E-state index in [1.165, 1.54) is 31.1 Å². The minimum atomic E-state index is -0.764. The van der Waals surface area contributed by atoms with Crippen LogP contribution in [0.25, 0.3) is 65.9 Å². The predicted octanol–water partition coefficient (Wildman–Crippen LogP) is 7.32. The molecule has 21 heteroatoms. The van der Waals surface area contributed by atoms with Gasteiger partial charge in [0, 0.05) is 111 Å². The van der Waals surface area contributed by atoms with E-state index >= 15 is 8.78 Å². The van der Waals surface area contributed by atoms with Gasteiger partial charge in [-0.2, -0.15) is 4.73 Å². The molecule has 0 aliphatic carbocycles. The van der Waals surface area contributed by atoms with Crippen LogP contribution in [0.2, 0.25) is 0 Å². The molecule has 6 aromatic heterocycles. The summed E-state index contributed by atoms with van der Waals surface area (Å²) >= 11 is 0. The quantitative estimate of drug-likeness (QED) is 0.0502. The van der Waals surface area contributed by atoms with Crippen molar-refractivity contribution in [3.8, 4) is 22.5 Å². The Kier molecular flexibility index (Phi) is 15.6. The molecule has 2 amide bonds. The fourth-order valence-corrected chi connectivity index (χ4v) is 8.43. The molecular formula is C54H50F2N12O7. The Morgan fingerprint density at radius 1 is 0.600 bits per heavy atom. The van der Waals surface area contributed by atoms with Crippen molar-refractivity contribution in [2.45, 2.75) is 26.4 Å². The number of halogens is 2. The minimum Gasteiger partial charge on any atom is -0.619 e. The average Bonchev–Trinajstić information content (AvgIpc) is 3.42. The lowest BCUT2D eigenvalue weighted by atomic mass is 10.0. The molecule has 0 N–H and O–H groups in total. The van der Waals surface area contributed by atoms with E-state index in [2.05, 4.69) is 59.4 Å². The first-order chi connectivity index (χ1) is 36.1. The largest absolute Gasteiger partial charge is 0.619 e. The number of pyridine rings is 4. The fourth-order valence-electron chi connectivity index (χ4n) is 8.43. The molecule has 19 nitrogen and oxygen atoms in total. The molecule has 0 unspecified atom stereocenters. The van der Waals surface area contributed by atoms with E-state index in [1.807, 2.05) is 73.0 Å². The highest BCUT2D eigenvalue weighted by atomic mass is 19.1. The third kappa shape index (κ3) is 11.6. The van der Waals surface area contributed by atoms with Crippen molar-refractivity contribution < 1.29 is 42.2 Å². The van der Waals surface area contributed by atoms with Crippen LogP contribution < -0.4 is 14.5 Å². The van der Waals surface area contributed by atoms with Gasteiger partial charge in [0.1, 0.15) is 52.3 Å². The summed E-state index contributed by atoms with van der Waals surface area (Å²) in [6, 6.07) is 14.9. The van der Waals surface area contributed by atoms with Crippen LogP contribution in [0.3, 0.4) is 0 Å². The Labute approximate surface area is 428 Å². The van der Waals surface area contributed by atoms with E-state index < -0.39 is 29.2 Å². The molecule has 2 saturated heterocycles. The lowest BCUT2D eigenvalue weighted by molar-refractivity contribution is -0.603. The molecule has 2 aliphatic heterocycles. The standard InChI is InChI=1S/C25H25FN6O2.C23H19FN6O2.C6H6O3/c1-25(2,3)34-24(33)32-10-8-31(9-11-32)23-19-14-28-21(20(26)22(19)29-15-30-23)18-13-27-12-16-6-4-5-7-17(16)18;1-2-19(31)28-7-9-29(10-8-28)23-17-11-25-22(20(24)21(17)26-14-27-23)18-13-30(32)12-15-5-3-4-6-16(15)18;1-3-5(7)9-6(8)4-2/h4-7,12-15H,8-11H2,1-3H3;2-6,11-14H,1,7-10H2;3-4H,1-2H2. The lowest BCUT2D eigenvalue weighted by Crippen LogP contribution is -2.50. The minimum absolute atomic E-state index is 0.0601. The summed E-state index contributed by atoms with van der Waals surface area (Å²) < 4.78 is 41.5. The molecule has 2 aliphatic rings. The van der Waals surface area contributed by atoms with Crippen LogP contribution in [0.1, 0.15) is 20.8 Å². The third-order valence-corrected chi connectivity index (χ3v) is 12.0. The average molecular weight is 1020 g/mol. The van der Waals surface area contributed by atoms with E-state index in [-0.39, 0.29) is 34.4 Å². The SMILES string of the molecule is C=CC(=O)N1CCN(c2ncnc3c(F)c(-c4c[n+]([O-])cc5ccccc45)ncc23)CC1.C=CC(=O)OC(=O)C=C.CC(C)(C)OC(=O)N1CCN(c2ncnc3c(F)c(-c4cncc5ccccc45)ncc23)CC1. The summed E-state index contributed by atoms with van der Waals surface area (Å²) in [6.07, 6.45) is 14.7. The summed E-state index contributed by atoms with van der Waals surface area (Å²) in [5.74, 6) is -1.59. The van der Waals surface area contributed by atoms with Gasteiger partial charge in [-0.05, 0) is 38.3 Å². The first-order valence-electron chi connectivity index (χ1n) is 23.5. The number of amides is 2. The topological polar surface area (TPSA) is 217 Å². The second-order valence-electron chi connectivity index (χ2n) is 17.9. The Morgan fingerprint density at radius 2 is 1.09 bits per heavy atom. The molecule has 0 bridgehead atoms. The van der Waals surface area contributed by atoms with Gasteiger partial charge in [-0.25, -0.2) is 43.1 Å². The smallest absolute Gasteiger partial charge is 0.410 e. The molecule has 0 atom stereocenters. The molecule has 8 heterocycles. The summed E-state index contributed by atoms with van der Waals surface area (Å²) in [5.41, 5.74) is 1.07. The molecule has 2 fully saturated rings. The number of rotatable bonds is 7. The molecular weight excluding hydrogens is 967 g/mol. The van der Waals surface area contributed by atoms with Crippen molar-refractivity contribution in [2.24, 2.45) is 0 Å². The molecule has 382 valence electrons. The van der Waals surface area contributed by atoms with Gasteiger partial charge < -0.3 is 34.3 Å². The predicted molar refractivity (Wildman–Crippen MR) is 278 cm³/mol. The van der Waals surface area contributed by atoms with Crippen LogP contribution in [-0.4, -0.2) is 127 Å². The maximum Gasteiger partial charge on any atom is 0.410 e. The fraction of sp³-hybridized carbons (Fsp3) is 0.222. The number of piperazine rings is 2. The Morgan fingerprint density at radius 3 is 1.61 bits per heavy atom. The maximum absolute atomic E-state index is 15.7. The maximum atomic E-state index is 15.7. The Balaban J connectivity index is 0.000000172. The molecule has 8 aromatic rings. The number of aromatic nitrogens is 8. The first-order valence-corrected chi connectivity index (χ1v) is 23.5. The molecule has 0 spiro atoms. The van der Waals surface area contributed by atoms with E-state index in [1.54, 1.807) is 40.7 Å². The van der Waals surface area contributed by atoms with Gasteiger partial charge in [-0.1, -0.05) is 62.2 Å². The molecule has 0 radical (unpaired) electrons. The van der Waals surface area contributed by atoms with E-state index in [4.69, 9.17) is 4.74 Å². The van der Waals surface area contributed by atoms with E-state index in [9.17, 15) is 24.4 Å². The first kappa shape index (κ1) is 51.9. The number of hydrogen-bond donors (Lipinski definition) is 0. The highest BCUT2D eigenvalue weighted by Crippen LogP contribution is 2.35. The highest BCUT2D eigenvalue weighted by Gasteiger charge is 2.29. The zero-order valence-corrected chi connectivity index (χ0v) is 41.2. The van der Waals surface area contributed by atoms with Gasteiger partial charge >= 0.3 is 18.0 Å². The van der Waals surface area contributed by atoms with Gasteiger partial charge in [-0.15, -0.1) is 0 Å². The van der Waals surface area contributed by atoms with Crippen molar-refractivity contribution in [3.05, 3.63) is 153 Å². The molecule has 0 saturated carbocycles. The van der Waals surface area contributed by atoms with Gasteiger partial charge in [-0.3, -0.25) is 19.7 Å². The van der Waals surface area contributed by atoms with Crippen LogP contribution >= 0.6 is 0 Å². The zero-order chi connectivity index (χ0) is 53.4. The second kappa shape index (κ2) is 22.6. The second-order valence-corrected chi connectivity index (χ2v) is 17.9. The number of nitrogens with zero attached hydrogens (tertiary/aromatic N) is 12. The summed E-state index contributed by atoms with van der Waals surface area (Å²) in [6.45, 7) is 19.4. The van der Waals surface area contributed by atoms with Crippen LogP contribution in [0.15, 0.2) is 136 Å². The van der Waals surface area contributed by atoms with Gasteiger partial charge in [0.15, 0.2) is 24.0 Å². The van der Waals surface area contributed by atoms with Crippen LogP contribution in [0.4, 0.5) is 25.2 Å². The van der Waals surface area contributed by atoms with Crippen molar-refractivity contribution in [2.75, 3.05) is 62.2 Å². The Hall–Kier alpha value is -9.40. The Bertz CT molecular complexity index is 3500. The monoisotopic (exact) mass is 1020 g/mol. The number of hydrogen-bond acceptors (Lipinski definition) is 16. The highest BCUT2D eigenvalue weighted by molar-refractivity contribution is 6.00. The number of carbonyl (C=O) groups is 4. The number of anilines is 2. The number of carbonyl (C=O) groups excluding carboxylic acids is 4. The van der Waals surface area contributed by atoms with Gasteiger partial charge in [0.25, 0.3) is 0 Å². The zero-order valence-electron chi connectivity index (χ0n) is 41.2. The van der Waals surface area contributed by atoms with E-state index in [0.717, 1.165) is 28.3 Å². The van der Waals surface area contributed by atoms with Gasteiger partial charge in [0.05, 0.1) is 16.3 Å². The third-order valence-electron chi connectivity index (χ3n) is 12.0. The number of benzene rings is 2. The summed E-state index contributed by atoms with van der Waals surface area (Å²) in [5, 5.41) is 16.3. The van der Waals surface area contributed by atoms with Crippen molar-refractivity contribution >= 4 is 78.9 Å². The number of esters is 2. The summed E-state index contributed by atoms with van der Waals surface area (Å²) in [7, 11) is 0. The van der Waals surface area contributed by atoms with Crippen molar-refractivity contribution in [3.63, 3.8) is 0 Å². The van der Waals surface area contributed by atoms with Gasteiger partial charge in [0.2, 0.25) is 5.91 Å². The van der Waals surface area contributed by atoms with Crippen LogP contribution in [0, 0.1) is 16.8 Å². The molecule has 75 heavy (non-hydrogen) atoms. The van der Waals surface area contributed by atoms with Crippen LogP contribution in [-0.2, 0) is 23.9 Å². The lowest BCUT2D eigenvalue weighted by Gasteiger charge is -2.36. The number of ether oxygens (including phenoxy) is 2. The molecule has 10 rings (SSSR count). The molecule has 2 aromatic carbocycles. The summed E-state index contributed by atoms with van der Waals surface area (Å²) in [4.78, 5) is 82.2.